The van der Waals surface area contributed by atoms with E-state index in [0.29, 0.717) is 12.2 Å². The fourth-order valence-corrected chi connectivity index (χ4v) is 2.26. The number of likely N-dealkylation sites (N-methyl/N-ethyl adjacent to an activating group) is 1. The van der Waals surface area contributed by atoms with Gasteiger partial charge in [0.05, 0.1) is 5.69 Å². The molecule has 106 valence electrons. The van der Waals surface area contributed by atoms with Gasteiger partial charge in [-0.1, -0.05) is 30.3 Å². The highest BCUT2D eigenvalue weighted by molar-refractivity contribution is 5.47. The maximum Gasteiger partial charge on any atom is 0.146 e. The van der Waals surface area contributed by atoms with Gasteiger partial charge in [-0.25, -0.2) is 4.39 Å². The topological polar surface area (TPSA) is 29.3 Å². The molecule has 2 aromatic carbocycles. The first kappa shape index (κ1) is 14.5. The van der Waals surface area contributed by atoms with Crippen molar-refractivity contribution >= 4 is 5.69 Å². The SMILES string of the molecule is Cc1ccc(C(N)CN(C)c2ccccc2F)cc1C. The quantitative estimate of drug-likeness (QED) is 0.921. The Morgan fingerprint density at radius 3 is 2.45 bits per heavy atom. The highest BCUT2D eigenvalue weighted by atomic mass is 19.1. The van der Waals surface area contributed by atoms with Gasteiger partial charge in [-0.15, -0.1) is 0 Å². The molecule has 0 amide bonds. The predicted octanol–water partition coefficient (Wildman–Crippen LogP) is 3.58. The number of anilines is 1. The van der Waals surface area contributed by atoms with Gasteiger partial charge in [-0.2, -0.15) is 0 Å². The van der Waals surface area contributed by atoms with Gasteiger partial charge in [0.25, 0.3) is 0 Å². The molecule has 0 aliphatic rings. The second kappa shape index (κ2) is 6.06. The van der Waals surface area contributed by atoms with E-state index in [1.54, 1.807) is 12.1 Å². The van der Waals surface area contributed by atoms with Crippen LogP contribution in [0.4, 0.5) is 10.1 Å². The Kier molecular flexibility index (Phi) is 4.40. The zero-order valence-electron chi connectivity index (χ0n) is 12.2. The lowest BCUT2D eigenvalue weighted by Gasteiger charge is -2.24. The lowest BCUT2D eigenvalue weighted by molar-refractivity contribution is 0.614. The molecule has 2 nitrogen and oxygen atoms in total. The van der Waals surface area contributed by atoms with Crippen molar-refractivity contribution in [2.24, 2.45) is 5.73 Å². The molecular formula is C17H21FN2. The highest BCUT2D eigenvalue weighted by Gasteiger charge is 2.13. The summed E-state index contributed by atoms with van der Waals surface area (Å²) in [7, 11) is 1.86. The third kappa shape index (κ3) is 3.17. The Labute approximate surface area is 120 Å². The molecule has 1 atom stereocenters. The normalized spacial score (nSPS) is 12.2. The molecule has 2 N–H and O–H groups in total. The molecule has 0 heterocycles. The molecular weight excluding hydrogens is 251 g/mol. The van der Waals surface area contributed by atoms with E-state index in [1.165, 1.54) is 17.2 Å². The zero-order chi connectivity index (χ0) is 14.7. The molecule has 0 aliphatic heterocycles. The number of rotatable bonds is 4. The maximum atomic E-state index is 13.7. The summed E-state index contributed by atoms with van der Waals surface area (Å²) < 4.78 is 13.7. The van der Waals surface area contributed by atoms with Gasteiger partial charge in [0.1, 0.15) is 5.82 Å². The van der Waals surface area contributed by atoms with Crippen LogP contribution in [0.2, 0.25) is 0 Å². The molecule has 0 aromatic heterocycles. The van der Waals surface area contributed by atoms with Gasteiger partial charge in [0.2, 0.25) is 0 Å². The molecule has 2 aromatic rings. The van der Waals surface area contributed by atoms with Crippen molar-refractivity contribution in [1.82, 2.24) is 0 Å². The Morgan fingerprint density at radius 1 is 1.10 bits per heavy atom. The van der Waals surface area contributed by atoms with E-state index in [9.17, 15) is 4.39 Å². The third-order valence-electron chi connectivity index (χ3n) is 3.69. The minimum atomic E-state index is -0.220. The lowest BCUT2D eigenvalue weighted by atomic mass is 10.0. The van der Waals surface area contributed by atoms with E-state index >= 15 is 0 Å². The number of hydrogen-bond donors (Lipinski definition) is 1. The smallest absolute Gasteiger partial charge is 0.146 e. The van der Waals surface area contributed by atoms with Gasteiger partial charge < -0.3 is 10.6 Å². The van der Waals surface area contributed by atoms with Crippen molar-refractivity contribution in [3.05, 3.63) is 65.0 Å². The summed E-state index contributed by atoms with van der Waals surface area (Å²) in [6.45, 7) is 4.73. The van der Waals surface area contributed by atoms with Crippen molar-refractivity contribution in [3.63, 3.8) is 0 Å². The third-order valence-corrected chi connectivity index (χ3v) is 3.69. The highest BCUT2D eigenvalue weighted by Crippen LogP contribution is 2.21. The molecule has 1 unspecified atom stereocenters. The number of benzene rings is 2. The van der Waals surface area contributed by atoms with Crippen LogP contribution >= 0.6 is 0 Å². The first-order valence-electron chi connectivity index (χ1n) is 6.77. The van der Waals surface area contributed by atoms with E-state index in [1.807, 2.05) is 24.1 Å². The van der Waals surface area contributed by atoms with E-state index < -0.39 is 0 Å². The number of para-hydroxylation sites is 1. The monoisotopic (exact) mass is 272 g/mol. The van der Waals surface area contributed by atoms with Crippen LogP contribution in [0.15, 0.2) is 42.5 Å². The predicted molar refractivity (Wildman–Crippen MR) is 82.5 cm³/mol. The lowest BCUT2D eigenvalue weighted by Crippen LogP contribution is -2.29. The summed E-state index contributed by atoms with van der Waals surface area (Å²) >= 11 is 0. The molecule has 2 rings (SSSR count). The van der Waals surface area contributed by atoms with E-state index in [2.05, 4.69) is 26.0 Å². The summed E-state index contributed by atoms with van der Waals surface area (Å²) in [5.74, 6) is -0.220. The molecule has 0 radical (unpaired) electrons. The summed E-state index contributed by atoms with van der Waals surface area (Å²) in [6.07, 6.45) is 0. The molecule has 0 aliphatic carbocycles. The summed E-state index contributed by atoms with van der Waals surface area (Å²) in [5.41, 5.74) is 10.4. The fourth-order valence-electron chi connectivity index (χ4n) is 2.26. The molecule has 0 saturated heterocycles. The number of nitrogens with two attached hydrogens (primary N) is 1. The zero-order valence-corrected chi connectivity index (χ0v) is 12.2. The molecule has 3 heteroatoms. The van der Waals surface area contributed by atoms with Gasteiger partial charge in [-0.05, 0) is 42.7 Å². The first-order chi connectivity index (χ1) is 9.49. The van der Waals surface area contributed by atoms with E-state index in [-0.39, 0.29) is 11.9 Å². The molecule has 20 heavy (non-hydrogen) atoms. The van der Waals surface area contributed by atoms with Crippen LogP contribution < -0.4 is 10.6 Å². The second-order valence-corrected chi connectivity index (χ2v) is 5.28. The average molecular weight is 272 g/mol. The van der Waals surface area contributed by atoms with Gasteiger partial charge >= 0.3 is 0 Å². The maximum absolute atomic E-state index is 13.7. The van der Waals surface area contributed by atoms with Crippen LogP contribution in [0.1, 0.15) is 22.7 Å². The van der Waals surface area contributed by atoms with Gasteiger partial charge in [0, 0.05) is 19.6 Å². The van der Waals surface area contributed by atoms with Crippen LogP contribution in [-0.2, 0) is 0 Å². The standard InChI is InChI=1S/C17H21FN2/c1-12-8-9-14(10-13(12)2)16(19)11-20(3)17-7-5-4-6-15(17)18/h4-10,16H,11,19H2,1-3H3. The average Bonchev–Trinajstić information content (AvgIpc) is 2.42. The Hall–Kier alpha value is -1.87. The largest absolute Gasteiger partial charge is 0.370 e. The minimum Gasteiger partial charge on any atom is -0.370 e. The van der Waals surface area contributed by atoms with Crippen molar-refractivity contribution < 1.29 is 4.39 Å². The first-order valence-corrected chi connectivity index (χ1v) is 6.77. The Morgan fingerprint density at radius 2 is 1.80 bits per heavy atom. The van der Waals surface area contributed by atoms with Crippen LogP contribution in [0.25, 0.3) is 0 Å². The minimum absolute atomic E-state index is 0.140. The molecule has 0 saturated carbocycles. The van der Waals surface area contributed by atoms with E-state index in [4.69, 9.17) is 5.73 Å². The number of aryl methyl sites for hydroxylation is 2. The number of halogens is 1. The fraction of sp³-hybridized carbons (Fsp3) is 0.294. The van der Waals surface area contributed by atoms with Gasteiger partial charge in [-0.3, -0.25) is 0 Å². The van der Waals surface area contributed by atoms with Crippen LogP contribution in [0, 0.1) is 19.7 Å². The molecule has 0 fully saturated rings. The summed E-state index contributed by atoms with van der Waals surface area (Å²) in [4.78, 5) is 1.86. The van der Waals surface area contributed by atoms with Crippen LogP contribution in [0.3, 0.4) is 0 Å². The Bertz CT molecular complexity index is 595. The Balaban J connectivity index is 2.13. The van der Waals surface area contributed by atoms with E-state index in [0.717, 1.165) is 5.56 Å². The molecule has 0 bridgehead atoms. The number of hydrogen-bond acceptors (Lipinski definition) is 2. The van der Waals surface area contributed by atoms with Crippen LogP contribution in [-0.4, -0.2) is 13.6 Å². The number of nitrogens with zero attached hydrogens (tertiary/aromatic N) is 1. The second-order valence-electron chi connectivity index (χ2n) is 5.28. The summed E-state index contributed by atoms with van der Waals surface area (Å²) in [6, 6.07) is 12.8. The van der Waals surface area contributed by atoms with Crippen LogP contribution in [0.5, 0.6) is 0 Å². The molecule has 0 spiro atoms. The van der Waals surface area contributed by atoms with Crippen molar-refractivity contribution in [2.45, 2.75) is 19.9 Å². The summed E-state index contributed by atoms with van der Waals surface area (Å²) in [5, 5.41) is 0. The van der Waals surface area contributed by atoms with Crippen molar-refractivity contribution in [1.29, 1.82) is 0 Å². The van der Waals surface area contributed by atoms with Crippen molar-refractivity contribution in [3.8, 4) is 0 Å². The van der Waals surface area contributed by atoms with Crippen molar-refractivity contribution in [2.75, 3.05) is 18.5 Å². The van der Waals surface area contributed by atoms with Gasteiger partial charge in [0.15, 0.2) is 0 Å².